The molecule has 1 aliphatic rings. The third kappa shape index (κ3) is 5.53. The first-order chi connectivity index (χ1) is 18.1. The van der Waals surface area contributed by atoms with Gasteiger partial charge in [0, 0.05) is 37.8 Å². The molecule has 37 heavy (non-hydrogen) atoms. The molecule has 1 saturated heterocycles. The molecule has 3 aromatic carbocycles. The summed E-state index contributed by atoms with van der Waals surface area (Å²) in [6, 6.07) is 23.9. The summed E-state index contributed by atoms with van der Waals surface area (Å²) in [6.45, 7) is 7.01. The number of hydrogen-bond donors (Lipinski definition) is 1. The molecule has 7 heteroatoms. The van der Waals surface area contributed by atoms with Gasteiger partial charge in [-0.05, 0) is 48.7 Å². The van der Waals surface area contributed by atoms with E-state index >= 15 is 4.39 Å². The number of rotatable bonds is 8. The molecular formula is C30H33FN4OS. The van der Waals surface area contributed by atoms with Crippen LogP contribution in [0.25, 0.3) is 10.2 Å². The number of aromatic nitrogens is 1. The van der Waals surface area contributed by atoms with E-state index in [2.05, 4.69) is 57.6 Å². The average molecular weight is 517 g/mol. The Kier molecular flexibility index (Phi) is 7.82. The van der Waals surface area contributed by atoms with Crippen molar-refractivity contribution < 1.29 is 9.18 Å². The molecular weight excluding hydrogens is 483 g/mol. The van der Waals surface area contributed by atoms with Crippen molar-refractivity contribution >= 4 is 38.8 Å². The molecule has 5 nitrogen and oxygen atoms in total. The van der Waals surface area contributed by atoms with Gasteiger partial charge in [0.05, 0.1) is 21.9 Å². The lowest BCUT2D eigenvalue weighted by atomic mass is 10.0. The molecule has 0 spiro atoms. The van der Waals surface area contributed by atoms with Crippen LogP contribution in [0.2, 0.25) is 0 Å². The molecule has 1 atom stereocenters. The fraction of sp³-hybridized carbons (Fsp3) is 0.333. The number of thiazole rings is 1. The van der Waals surface area contributed by atoms with Crippen LogP contribution in [0.1, 0.15) is 43.3 Å². The van der Waals surface area contributed by atoms with Gasteiger partial charge in [-0.2, -0.15) is 0 Å². The Balaban J connectivity index is 1.31. The van der Waals surface area contributed by atoms with Crippen LogP contribution in [0.4, 0.5) is 15.8 Å². The molecule has 1 fully saturated rings. The zero-order valence-corrected chi connectivity index (χ0v) is 22.2. The fourth-order valence-corrected chi connectivity index (χ4v) is 6.25. The van der Waals surface area contributed by atoms with Gasteiger partial charge in [-0.1, -0.05) is 56.3 Å². The van der Waals surface area contributed by atoms with Gasteiger partial charge in [0.15, 0.2) is 0 Å². The van der Waals surface area contributed by atoms with Crippen LogP contribution in [-0.4, -0.2) is 42.0 Å². The van der Waals surface area contributed by atoms with E-state index < -0.39 is 0 Å². The lowest BCUT2D eigenvalue weighted by molar-refractivity contribution is -0.120. The standard InChI is InChI=1S/C30H33FN4OS/c1-3-21(4-2)29(36)32-23-14-15-26(24(31)20-23)34-16-18-35(19-17-34)28(22-10-6-5-7-11-22)30-33-25-12-8-9-13-27(25)37-30/h5-15,20-21,28H,3-4,16-19H2,1-2H3,(H,32,36). The van der Waals surface area contributed by atoms with E-state index in [4.69, 9.17) is 4.98 Å². The second-order valence-corrected chi connectivity index (χ2v) is 10.6. The van der Waals surface area contributed by atoms with E-state index in [1.54, 1.807) is 23.5 Å². The Morgan fingerprint density at radius 2 is 1.68 bits per heavy atom. The van der Waals surface area contributed by atoms with Crippen LogP contribution >= 0.6 is 11.3 Å². The lowest BCUT2D eigenvalue weighted by Gasteiger charge is -2.40. The average Bonchev–Trinajstić information content (AvgIpc) is 3.34. The predicted octanol–water partition coefficient (Wildman–Crippen LogP) is 6.72. The third-order valence-corrected chi connectivity index (χ3v) is 8.34. The monoisotopic (exact) mass is 516 g/mol. The van der Waals surface area contributed by atoms with Crippen molar-refractivity contribution in [3.8, 4) is 0 Å². The minimum absolute atomic E-state index is 0.0486. The molecule has 1 aromatic heterocycles. The van der Waals surface area contributed by atoms with Crippen molar-refractivity contribution in [2.45, 2.75) is 32.7 Å². The SMILES string of the molecule is CCC(CC)C(=O)Nc1ccc(N2CCN(C(c3ccccc3)c3nc4ccccc4s3)CC2)c(F)c1. The maximum atomic E-state index is 15.1. The van der Waals surface area contributed by atoms with Gasteiger partial charge in [-0.3, -0.25) is 9.69 Å². The second-order valence-electron chi connectivity index (χ2n) is 9.52. The number of nitrogens with one attached hydrogen (secondary N) is 1. The molecule has 0 radical (unpaired) electrons. The van der Waals surface area contributed by atoms with Gasteiger partial charge in [0.25, 0.3) is 0 Å². The van der Waals surface area contributed by atoms with Crippen LogP contribution in [0, 0.1) is 11.7 Å². The molecule has 1 aliphatic heterocycles. The van der Waals surface area contributed by atoms with E-state index in [9.17, 15) is 4.79 Å². The van der Waals surface area contributed by atoms with Crippen LogP contribution in [-0.2, 0) is 4.79 Å². The summed E-state index contributed by atoms with van der Waals surface area (Å²) < 4.78 is 16.3. The summed E-state index contributed by atoms with van der Waals surface area (Å²) in [6.07, 6.45) is 1.54. The fourth-order valence-electron chi connectivity index (χ4n) is 5.12. The largest absolute Gasteiger partial charge is 0.367 e. The number of fused-ring (bicyclic) bond motifs is 1. The number of amides is 1. The normalized spacial score (nSPS) is 15.3. The molecule has 1 unspecified atom stereocenters. The Bertz CT molecular complexity index is 1310. The van der Waals surface area contributed by atoms with Gasteiger partial charge in [0.2, 0.25) is 5.91 Å². The minimum Gasteiger partial charge on any atom is -0.367 e. The van der Waals surface area contributed by atoms with E-state index in [0.717, 1.165) is 36.5 Å². The van der Waals surface area contributed by atoms with Crippen molar-refractivity contribution in [2.75, 3.05) is 36.4 Å². The van der Waals surface area contributed by atoms with Crippen LogP contribution in [0.3, 0.4) is 0 Å². The highest BCUT2D eigenvalue weighted by atomic mass is 32.1. The van der Waals surface area contributed by atoms with Gasteiger partial charge in [-0.15, -0.1) is 11.3 Å². The zero-order chi connectivity index (χ0) is 25.8. The lowest BCUT2D eigenvalue weighted by Crippen LogP contribution is -2.48. The summed E-state index contributed by atoms with van der Waals surface area (Å²) in [7, 11) is 0. The molecule has 5 rings (SSSR count). The highest BCUT2D eigenvalue weighted by Gasteiger charge is 2.29. The van der Waals surface area contributed by atoms with Crippen molar-refractivity contribution in [1.29, 1.82) is 0 Å². The smallest absolute Gasteiger partial charge is 0.227 e. The maximum absolute atomic E-state index is 15.1. The van der Waals surface area contributed by atoms with E-state index in [1.165, 1.54) is 16.3 Å². The Morgan fingerprint density at radius 1 is 0.973 bits per heavy atom. The topological polar surface area (TPSA) is 48.5 Å². The van der Waals surface area contributed by atoms with Gasteiger partial charge >= 0.3 is 0 Å². The van der Waals surface area contributed by atoms with E-state index in [-0.39, 0.29) is 23.7 Å². The number of hydrogen-bond acceptors (Lipinski definition) is 5. The highest BCUT2D eigenvalue weighted by Crippen LogP contribution is 2.35. The summed E-state index contributed by atoms with van der Waals surface area (Å²) in [5.74, 6) is -0.405. The Labute approximate surface area is 221 Å². The molecule has 1 N–H and O–H groups in total. The molecule has 0 saturated carbocycles. The highest BCUT2D eigenvalue weighted by molar-refractivity contribution is 7.18. The number of para-hydroxylation sites is 1. The Hall–Kier alpha value is -3.29. The molecule has 0 bridgehead atoms. The number of carbonyl (C=O) groups excluding carboxylic acids is 1. The first kappa shape index (κ1) is 25.4. The summed E-state index contributed by atoms with van der Waals surface area (Å²) in [5.41, 5.74) is 3.34. The number of piperazine rings is 1. The number of nitrogens with zero attached hydrogens (tertiary/aromatic N) is 3. The van der Waals surface area contributed by atoms with Crippen molar-refractivity contribution in [1.82, 2.24) is 9.88 Å². The van der Waals surface area contributed by atoms with Crippen molar-refractivity contribution in [3.05, 3.63) is 89.2 Å². The number of carbonyl (C=O) groups is 1. The predicted molar refractivity (Wildman–Crippen MR) is 151 cm³/mol. The van der Waals surface area contributed by atoms with Crippen LogP contribution < -0.4 is 10.2 Å². The molecule has 1 amide bonds. The van der Waals surface area contributed by atoms with Gasteiger partial charge in [0.1, 0.15) is 10.8 Å². The quantitative estimate of drug-likeness (QED) is 0.282. The van der Waals surface area contributed by atoms with E-state index in [1.807, 2.05) is 26.0 Å². The first-order valence-corrected chi connectivity index (χ1v) is 13.9. The molecule has 2 heterocycles. The van der Waals surface area contributed by atoms with Crippen LogP contribution in [0.5, 0.6) is 0 Å². The number of benzene rings is 3. The Morgan fingerprint density at radius 3 is 2.35 bits per heavy atom. The van der Waals surface area contributed by atoms with Gasteiger partial charge < -0.3 is 10.2 Å². The van der Waals surface area contributed by atoms with Crippen molar-refractivity contribution in [2.24, 2.45) is 5.92 Å². The third-order valence-electron chi connectivity index (χ3n) is 7.25. The number of anilines is 2. The number of halogens is 1. The minimum atomic E-state index is -0.304. The molecule has 4 aromatic rings. The zero-order valence-electron chi connectivity index (χ0n) is 21.4. The summed E-state index contributed by atoms with van der Waals surface area (Å²) in [5, 5.41) is 3.96. The van der Waals surface area contributed by atoms with Crippen molar-refractivity contribution in [3.63, 3.8) is 0 Å². The summed E-state index contributed by atoms with van der Waals surface area (Å²) in [4.78, 5) is 21.9. The van der Waals surface area contributed by atoms with Crippen LogP contribution in [0.15, 0.2) is 72.8 Å². The molecule has 192 valence electrons. The van der Waals surface area contributed by atoms with E-state index in [0.29, 0.717) is 24.5 Å². The molecule has 0 aliphatic carbocycles. The maximum Gasteiger partial charge on any atom is 0.227 e. The summed E-state index contributed by atoms with van der Waals surface area (Å²) >= 11 is 1.74. The van der Waals surface area contributed by atoms with Gasteiger partial charge in [-0.25, -0.2) is 9.37 Å². The first-order valence-electron chi connectivity index (χ1n) is 13.1. The second kappa shape index (κ2) is 11.4.